The zero-order valence-corrected chi connectivity index (χ0v) is 23.9. The van der Waals surface area contributed by atoms with Crippen LogP contribution in [0.25, 0.3) is 0 Å². The normalized spacial score (nSPS) is 24.1. The van der Waals surface area contributed by atoms with Gasteiger partial charge in [-0.05, 0) is 105 Å². The zero-order chi connectivity index (χ0) is 27.5. The van der Waals surface area contributed by atoms with Crippen molar-refractivity contribution in [2.75, 3.05) is 45.1 Å². The van der Waals surface area contributed by atoms with Crippen molar-refractivity contribution < 1.29 is 15.0 Å². The number of anilines is 1. The lowest BCUT2D eigenvalue weighted by molar-refractivity contribution is 0.0233. The van der Waals surface area contributed by atoms with E-state index in [9.17, 15) is 15.0 Å². The number of hydrogen-bond acceptors (Lipinski definition) is 5. The zero-order valence-electron chi connectivity index (χ0n) is 23.9. The highest BCUT2D eigenvalue weighted by atomic mass is 16.3. The quantitative estimate of drug-likeness (QED) is 0.343. The van der Waals surface area contributed by atoms with Gasteiger partial charge in [-0.3, -0.25) is 4.79 Å². The molecule has 0 aromatic heterocycles. The minimum absolute atomic E-state index is 0.0511. The van der Waals surface area contributed by atoms with Gasteiger partial charge in [0, 0.05) is 36.8 Å². The summed E-state index contributed by atoms with van der Waals surface area (Å²) in [6.45, 7) is 7.01. The van der Waals surface area contributed by atoms with E-state index in [2.05, 4.69) is 17.1 Å². The molecule has 1 aliphatic carbocycles. The maximum atomic E-state index is 13.5. The standard InChI is InChI=1S/C33H47N3O3/c1-3-32(26-9-5-4-6-10-26)14-18-35(19-15-32)20-16-33(27-12-13-29(37)30(38)23-27)17-21-36(24-33)31(39)25-8-7-11-28(22-25)34-2/h7-8,11-13,22-23,26,34,37-38H,3-6,9-10,14-21,24H2,1-2H3. The second-order valence-corrected chi connectivity index (χ2v) is 12.4. The van der Waals surface area contributed by atoms with Crippen LogP contribution in [-0.2, 0) is 5.41 Å². The third kappa shape index (κ3) is 5.77. The smallest absolute Gasteiger partial charge is 0.253 e. The number of carbonyl (C=O) groups excluding carboxylic acids is 1. The molecular formula is C33H47N3O3. The van der Waals surface area contributed by atoms with Crippen LogP contribution in [-0.4, -0.2) is 65.7 Å². The lowest BCUT2D eigenvalue weighted by Crippen LogP contribution is -2.46. The maximum absolute atomic E-state index is 13.5. The van der Waals surface area contributed by atoms with Gasteiger partial charge in [-0.15, -0.1) is 0 Å². The Morgan fingerprint density at radius 1 is 0.974 bits per heavy atom. The number of phenolic OH excluding ortho intramolecular Hbond substituents is 2. The first kappa shape index (κ1) is 27.8. The fourth-order valence-electron chi connectivity index (χ4n) is 7.83. The number of nitrogens with one attached hydrogen (secondary N) is 1. The van der Waals surface area contributed by atoms with Gasteiger partial charge in [0.1, 0.15) is 0 Å². The Labute approximate surface area is 234 Å². The second-order valence-electron chi connectivity index (χ2n) is 12.4. The fraction of sp³-hybridized carbons (Fsp3) is 0.606. The third-order valence-electron chi connectivity index (χ3n) is 10.6. The number of carbonyl (C=O) groups is 1. The average molecular weight is 534 g/mol. The van der Waals surface area contributed by atoms with E-state index in [1.54, 1.807) is 12.1 Å². The van der Waals surface area contributed by atoms with Crippen molar-refractivity contribution in [3.8, 4) is 11.5 Å². The van der Waals surface area contributed by atoms with Crippen LogP contribution in [0.4, 0.5) is 5.69 Å². The van der Waals surface area contributed by atoms with Crippen LogP contribution in [0.5, 0.6) is 11.5 Å². The fourth-order valence-corrected chi connectivity index (χ4v) is 7.83. The Bertz CT molecular complexity index is 1140. The van der Waals surface area contributed by atoms with E-state index in [1.165, 1.54) is 51.4 Å². The minimum atomic E-state index is -0.246. The highest BCUT2D eigenvalue weighted by Crippen LogP contribution is 2.48. The number of phenols is 2. The van der Waals surface area contributed by atoms with Gasteiger partial charge in [-0.25, -0.2) is 0 Å². The molecule has 39 heavy (non-hydrogen) atoms. The summed E-state index contributed by atoms with van der Waals surface area (Å²) >= 11 is 0. The van der Waals surface area contributed by atoms with Crippen LogP contribution in [0.15, 0.2) is 42.5 Å². The number of rotatable bonds is 8. The molecule has 6 nitrogen and oxygen atoms in total. The predicted octanol–water partition coefficient (Wildman–Crippen LogP) is 6.39. The molecule has 3 fully saturated rings. The van der Waals surface area contributed by atoms with Gasteiger partial charge in [-0.1, -0.05) is 44.7 Å². The highest BCUT2D eigenvalue weighted by molar-refractivity contribution is 5.95. The van der Waals surface area contributed by atoms with E-state index in [1.807, 2.05) is 42.3 Å². The van der Waals surface area contributed by atoms with E-state index in [0.29, 0.717) is 24.1 Å². The lowest BCUT2D eigenvalue weighted by atomic mass is 9.62. The first-order valence-corrected chi connectivity index (χ1v) is 15.2. The number of piperidine rings is 1. The van der Waals surface area contributed by atoms with Crippen LogP contribution in [0.1, 0.15) is 87.1 Å². The maximum Gasteiger partial charge on any atom is 0.253 e. The summed E-state index contributed by atoms with van der Waals surface area (Å²) < 4.78 is 0. The van der Waals surface area contributed by atoms with Crippen molar-refractivity contribution in [2.45, 2.75) is 76.5 Å². The van der Waals surface area contributed by atoms with Crippen LogP contribution >= 0.6 is 0 Å². The van der Waals surface area contributed by atoms with Crippen molar-refractivity contribution in [1.29, 1.82) is 0 Å². The van der Waals surface area contributed by atoms with Crippen LogP contribution < -0.4 is 5.32 Å². The van der Waals surface area contributed by atoms with E-state index >= 15 is 0 Å². The summed E-state index contributed by atoms with van der Waals surface area (Å²) in [6.07, 6.45) is 12.8. The lowest BCUT2D eigenvalue weighted by Gasteiger charge is -2.48. The van der Waals surface area contributed by atoms with Gasteiger partial charge >= 0.3 is 0 Å². The highest BCUT2D eigenvalue weighted by Gasteiger charge is 2.44. The van der Waals surface area contributed by atoms with E-state index in [0.717, 1.165) is 49.6 Å². The van der Waals surface area contributed by atoms with E-state index in [4.69, 9.17) is 0 Å². The number of likely N-dealkylation sites (tertiary alicyclic amines) is 2. The SMILES string of the molecule is CCC1(C2CCCCC2)CCN(CCC2(c3ccc(O)c(O)c3)CCN(C(=O)c3cccc(NC)c3)C2)CC1. The molecular weight excluding hydrogens is 486 g/mol. The molecule has 0 bridgehead atoms. The Hall–Kier alpha value is -2.73. The van der Waals surface area contributed by atoms with Crippen LogP contribution in [0, 0.1) is 11.3 Å². The van der Waals surface area contributed by atoms with Gasteiger partial charge in [0.15, 0.2) is 11.5 Å². The Kier molecular flexibility index (Phi) is 8.41. The second kappa shape index (κ2) is 11.8. The van der Waals surface area contributed by atoms with Crippen LogP contribution in [0.2, 0.25) is 0 Å². The third-order valence-corrected chi connectivity index (χ3v) is 10.6. The molecule has 1 atom stereocenters. The summed E-state index contributed by atoms with van der Waals surface area (Å²) in [5.74, 6) is 0.769. The molecule has 5 rings (SSSR count). The summed E-state index contributed by atoms with van der Waals surface area (Å²) in [6, 6.07) is 12.9. The van der Waals surface area contributed by atoms with Gasteiger partial charge in [0.2, 0.25) is 0 Å². The minimum Gasteiger partial charge on any atom is -0.504 e. The largest absolute Gasteiger partial charge is 0.504 e. The molecule has 1 amide bonds. The number of amides is 1. The summed E-state index contributed by atoms with van der Waals surface area (Å²) in [7, 11) is 1.86. The number of nitrogens with zero attached hydrogens (tertiary/aromatic N) is 2. The molecule has 212 valence electrons. The molecule has 3 N–H and O–H groups in total. The monoisotopic (exact) mass is 533 g/mol. The topological polar surface area (TPSA) is 76.0 Å². The molecule has 2 aliphatic heterocycles. The van der Waals surface area contributed by atoms with Gasteiger partial charge < -0.3 is 25.3 Å². The van der Waals surface area contributed by atoms with Gasteiger partial charge in [0.25, 0.3) is 5.91 Å². The van der Waals surface area contributed by atoms with Crippen LogP contribution in [0.3, 0.4) is 0 Å². The molecule has 2 saturated heterocycles. The predicted molar refractivity (Wildman–Crippen MR) is 158 cm³/mol. The van der Waals surface area contributed by atoms with Crippen molar-refractivity contribution >= 4 is 11.6 Å². The van der Waals surface area contributed by atoms with Crippen molar-refractivity contribution in [3.63, 3.8) is 0 Å². The Balaban J connectivity index is 1.30. The summed E-state index contributed by atoms with van der Waals surface area (Å²) in [5, 5.41) is 23.5. The van der Waals surface area contributed by atoms with Gasteiger partial charge in [0.05, 0.1) is 0 Å². The Morgan fingerprint density at radius 3 is 2.44 bits per heavy atom. The van der Waals surface area contributed by atoms with E-state index in [-0.39, 0.29) is 22.8 Å². The molecule has 6 heteroatoms. The van der Waals surface area contributed by atoms with E-state index < -0.39 is 0 Å². The first-order chi connectivity index (χ1) is 18.9. The van der Waals surface area contributed by atoms with Crippen molar-refractivity contribution in [2.24, 2.45) is 11.3 Å². The molecule has 1 unspecified atom stereocenters. The summed E-state index contributed by atoms with van der Waals surface area (Å²) in [4.78, 5) is 18.1. The molecule has 0 spiro atoms. The molecule has 3 aliphatic rings. The number of benzene rings is 2. The Morgan fingerprint density at radius 2 is 1.74 bits per heavy atom. The molecule has 1 saturated carbocycles. The number of aromatic hydroxyl groups is 2. The molecule has 2 aromatic rings. The van der Waals surface area contributed by atoms with Gasteiger partial charge in [-0.2, -0.15) is 0 Å². The first-order valence-electron chi connectivity index (χ1n) is 15.2. The van der Waals surface area contributed by atoms with Crippen molar-refractivity contribution in [1.82, 2.24) is 9.80 Å². The molecule has 2 aromatic carbocycles. The summed E-state index contributed by atoms with van der Waals surface area (Å²) in [5.41, 5.74) is 2.91. The molecule has 2 heterocycles. The number of hydrogen-bond donors (Lipinski definition) is 3. The molecule has 0 radical (unpaired) electrons. The van der Waals surface area contributed by atoms with Crippen molar-refractivity contribution in [3.05, 3.63) is 53.6 Å². The average Bonchev–Trinajstić information content (AvgIpc) is 3.43.